The topological polar surface area (TPSA) is 47.0 Å². The van der Waals surface area contributed by atoms with Crippen molar-refractivity contribution in [1.82, 2.24) is 15.5 Å². The highest BCUT2D eigenvalue weighted by atomic mass is 32.1. The number of nitrogens with one attached hydrogen (secondary N) is 1. The highest BCUT2D eigenvalue weighted by Gasteiger charge is 2.26. The molecular formula is C12H21N3OS. The van der Waals surface area contributed by atoms with Crippen LogP contribution in [0.3, 0.4) is 0 Å². The van der Waals surface area contributed by atoms with Crippen LogP contribution in [-0.2, 0) is 11.2 Å². The number of hydrogen-bond donors (Lipinski definition) is 1. The number of rotatable bonds is 5. The lowest BCUT2D eigenvalue weighted by Gasteiger charge is -2.26. The molecule has 0 bridgehead atoms. The predicted octanol–water partition coefficient (Wildman–Crippen LogP) is 1.83. The van der Waals surface area contributed by atoms with Crippen molar-refractivity contribution in [1.29, 1.82) is 0 Å². The standard InChI is InChI=1S/C12H21N3OS/c1-3-13-6-4-11-14-15-12(17-11)10-5-7-16-8-9(10)2/h9-10,13H,3-8H2,1-2H3. The zero-order chi connectivity index (χ0) is 12.1. The Balaban J connectivity index is 1.92. The van der Waals surface area contributed by atoms with E-state index in [9.17, 15) is 0 Å². The molecule has 1 aliphatic rings. The van der Waals surface area contributed by atoms with Crippen LogP contribution in [0.1, 0.15) is 36.2 Å². The minimum atomic E-state index is 0.550. The first-order valence-electron chi connectivity index (χ1n) is 6.42. The maximum atomic E-state index is 5.47. The highest BCUT2D eigenvalue weighted by Crippen LogP contribution is 2.33. The van der Waals surface area contributed by atoms with Gasteiger partial charge in [-0.3, -0.25) is 0 Å². The van der Waals surface area contributed by atoms with Gasteiger partial charge >= 0.3 is 0 Å². The summed E-state index contributed by atoms with van der Waals surface area (Å²) in [6, 6.07) is 0. The summed E-state index contributed by atoms with van der Waals surface area (Å²) in [6.07, 6.45) is 2.08. The van der Waals surface area contributed by atoms with Crippen molar-refractivity contribution >= 4 is 11.3 Å². The molecule has 1 fully saturated rings. The van der Waals surface area contributed by atoms with Crippen LogP contribution in [0.15, 0.2) is 0 Å². The van der Waals surface area contributed by atoms with E-state index < -0.39 is 0 Å². The number of aromatic nitrogens is 2. The number of likely N-dealkylation sites (N-methyl/N-ethyl adjacent to an activating group) is 1. The second-order valence-corrected chi connectivity index (χ2v) is 5.68. The molecule has 96 valence electrons. The zero-order valence-electron chi connectivity index (χ0n) is 10.6. The van der Waals surface area contributed by atoms with Gasteiger partial charge in [0, 0.05) is 32.1 Å². The molecular weight excluding hydrogens is 234 g/mol. The first-order valence-corrected chi connectivity index (χ1v) is 7.23. The normalized spacial score (nSPS) is 25.1. The molecule has 1 aromatic heterocycles. The second-order valence-electron chi connectivity index (χ2n) is 4.58. The highest BCUT2D eigenvalue weighted by molar-refractivity contribution is 7.11. The molecule has 0 radical (unpaired) electrons. The van der Waals surface area contributed by atoms with Crippen LogP contribution in [0.25, 0.3) is 0 Å². The van der Waals surface area contributed by atoms with E-state index in [2.05, 4.69) is 29.4 Å². The number of hydrogen-bond acceptors (Lipinski definition) is 5. The van der Waals surface area contributed by atoms with Crippen molar-refractivity contribution in [3.63, 3.8) is 0 Å². The van der Waals surface area contributed by atoms with Crippen molar-refractivity contribution in [2.24, 2.45) is 5.92 Å². The van der Waals surface area contributed by atoms with E-state index >= 15 is 0 Å². The molecule has 2 heterocycles. The summed E-state index contributed by atoms with van der Waals surface area (Å²) in [5.74, 6) is 1.12. The van der Waals surface area contributed by atoms with E-state index in [0.29, 0.717) is 11.8 Å². The summed E-state index contributed by atoms with van der Waals surface area (Å²) in [5.41, 5.74) is 0. The fraction of sp³-hybridized carbons (Fsp3) is 0.833. The monoisotopic (exact) mass is 255 g/mol. The van der Waals surface area contributed by atoms with Gasteiger partial charge in [-0.25, -0.2) is 0 Å². The Labute approximate surface area is 107 Å². The van der Waals surface area contributed by atoms with Crippen LogP contribution < -0.4 is 5.32 Å². The molecule has 17 heavy (non-hydrogen) atoms. The summed E-state index contributed by atoms with van der Waals surface area (Å²) in [6.45, 7) is 8.09. The van der Waals surface area contributed by atoms with E-state index in [1.54, 1.807) is 11.3 Å². The lowest BCUT2D eigenvalue weighted by Crippen LogP contribution is -2.23. The third kappa shape index (κ3) is 3.47. The Hall–Kier alpha value is -0.520. The minimum absolute atomic E-state index is 0.550. The summed E-state index contributed by atoms with van der Waals surface area (Å²) < 4.78 is 5.47. The van der Waals surface area contributed by atoms with Gasteiger partial charge in [0.05, 0.1) is 0 Å². The van der Waals surface area contributed by atoms with Gasteiger partial charge in [-0.05, 0) is 18.9 Å². The second kappa shape index (κ2) is 6.42. The quantitative estimate of drug-likeness (QED) is 0.815. The molecule has 0 aromatic carbocycles. The Bertz CT molecular complexity index is 342. The molecule has 0 amide bonds. The molecule has 0 spiro atoms. The molecule has 2 unspecified atom stereocenters. The van der Waals surface area contributed by atoms with Gasteiger partial charge in [0.2, 0.25) is 0 Å². The van der Waals surface area contributed by atoms with Gasteiger partial charge in [-0.1, -0.05) is 13.8 Å². The van der Waals surface area contributed by atoms with E-state index in [0.717, 1.165) is 44.2 Å². The molecule has 2 atom stereocenters. The van der Waals surface area contributed by atoms with Crippen LogP contribution in [0.5, 0.6) is 0 Å². The lowest BCUT2D eigenvalue weighted by atomic mass is 9.91. The lowest BCUT2D eigenvalue weighted by molar-refractivity contribution is 0.0471. The SMILES string of the molecule is CCNCCc1nnc(C2CCOCC2C)s1. The minimum Gasteiger partial charge on any atom is -0.381 e. The predicted molar refractivity (Wildman–Crippen MR) is 69.5 cm³/mol. The first kappa shape index (κ1) is 12.9. The molecule has 1 saturated heterocycles. The average Bonchev–Trinajstić information content (AvgIpc) is 2.79. The Morgan fingerprint density at radius 3 is 3.12 bits per heavy atom. The molecule has 2 rings (SSSR count). The van der Waals surface area contributed by atoms with E-state index in [4.69, 9.17) is 4.74 Å². The van der Waals surface area contributed by atoms with Gasteiger partial charge in [0.25, 0.3) is 0 Å². The number of nitrogens with zero attached hydrogens (tertiary/aromatic N) is 2. The summed E-state index contributed by atoms with van der Waals surface area (Å²) in [5, 5.41) is 14.3. The average molecular weight is 255 g/mol. The summed E-state index contributed by atoms with van der Waals surface area (Å²) in [4.78, 5) is 0. The molecule has 5 heteroatoms. The third-order valence-electron chi connectivity index (χ3n) is 3.21. The van der Waals surface area contributed by atoms with Crippen LogP contribution in [0, 0.1) is 5.92 Å². The number of ether oxygens (including phenoxy) is 1. The van der Waals surface area contributed by atoms with Crippen molar-refractivity contribution in [3.05, 3.63) is 10.0 Å². The Kier molecular flexibility index (Phi) is 4.88. The van der Waals surface area contributed by atoms with E-state index in [1.165, 1.54) is 5.01 Å². The van der Waals surface area contributed by atoms with Gasteiger partial charge in [0.1, 0.15) is 10.0 Å². The van der Waals surface area contributed by atoms with E-state index in [1.807, 2.05) is 0 Å². The molecule has 4 nitrogen and oxygen atoms in total. The van der Waals surface area contributed by atoms with Crippen molar-refractivity contribution in [2.75, 3.05) is 26.3 Å². The largest absolute Gasteiger partial charge is 0.381 e. The smallest absolute Gasteiger partial charge is 0.120 e. The Morgan fingerprint density at radius 1 is 1.47 bits per heavy atom. The molecule has 1 aliphatic heterocycles. The maximum Gasteiger partial charge on any atom is 0.120 e. The van der Waals surface area contributed by atoms with Crippen molar-refractivity contribution < 1.29 is 4.74 Å². The first-order chi connectivity index (χ1) is 8.31. The van der Waals surface area contributed by atoms with Gasteiger partial charge in [-0.2, -0.15) is 0 Å². The van der Waals surface area contributed by atoms with E-state index in [-0.39, 0.29) is 0 Å². The molecule has 0 aliphatic carbocycles. The van der Waals surface area contributed by atoms with Crippen LogP contribution in [0.2, 0.25) is 0 Å². The van der Waals surface area contributed by atoms with Crippen molar-refractivity contribution in [2.45, 2.75) is 32.6 Å². The summed E-state index contributed by atoms with van der Waals surface area (Å²) >= 11 is 1.78. The molecule has 0 saturated carbocycles. The van der Waals surface area contributed by atoms with Gasteiger partial charge < -0.3 is 10.1 Å². The Morgan fingerprint density at radius 2 is 2.35 bits per heavy atom. The van der Waals surface area contributed by atoms with Crippen LogP contribution in [0.4, 0.5) is 0 Å². The fourth-order valence-corrected chi connectivity index (χ4v) is 3.25. The van der Waals surface area contributed by atoms with Crippen LogP contribution in [-0.4, -0.2) is 36.5 Å². The summed E-state index contributed by atoms with van der Waals surface area (Å²) in [7, 11) is 0. The van der Waals surface area contributed by atoms with Gasteiger partial charge in [0.15, 0.2) is 0 Å². The maximum absolute atomic E-state index is 5.47. The third-order valence-corrected chi connectivity index (χ3v) is 4.32. The van der Waals surface area contributed by atoms with Gasteiger partial charge in [-0.15, -0.1) is 21.5 Å². The zero-order valence-corrected chi connectivity index (χ0v) is 11.4. The van der Waals surface area contributed by atoms with Crippen LogP contribution >= 0.6 is 11.3 Å². The van der Waals surface area contributed by atoms with Crippen molar-refractivity contribution in [3.8, 4) is 0 Å². The molecule has 1 aromatic rings. The fourth-order valence-electron chi connectivity index (χ4n) is 2.14. The molecule has 1 N–H and O–H groups in total.